The number of rotatable bonds is 1. The van der Waals surface area contributed by atoms with E-state index in [-0.39, 0.29) is 0 Å². The second-order valence-corrected chi connectivity index (χ2v) is 3.17. The van der Waals surface area contributed by atoms with Gasteiger partial charge in [0.15, 0.2) is 0 Å². The first-order valence-electron chi connectivity index (χ1n) is 4.37. The Labute approximate surface area is 85.6 Å². The monoisotopic (exact) mass is 200 g/mol. The number of nitrogens with zero attached hydrogens (tertiary/aromatic N) is 4. The van der Waals surface area contributed by atoms with Gasteiger partial charge >= 0.3 is 0 Å². The molecule has 15 heavy (non-hydrogen) atoms. The van der Waals surface area contributed by atoms with E-state index in [0.29, 0.717) is 5.56 Å². The van der Waals surface area contributed by atoms with Crippen LogP contribution in [0, 0.1) is 0 Å². The molecule has 1 heterocycles. The fourth-order valence-corrected chi connectivity index (χ4v) is 1.61. The van der Waals surface area contributed by atoms with Crippen molar-refractivity contribution in [2.75, 3.05) is 0 Å². The quantitative estimate of drug-likeness (QED) is 0.396. The molecule has 0 saturated heterocycles. The number of aromatic nitrogens is 1. The van der Waals surface area contributed by atoms with E-state index in [4.69, 9.17) is 5.53 Å². The molecule has 5 heteroatoms. The minimum atomic E-state index is -0.547. The van der Waals surface area contributed by atoms with Gasteiger partial charge in [-0.1, -0.05) is 18.2 Å². The minimum absolute atomic E-state index is 0.436. The Morgan fingerprint density at radius 1 is 1.47 bits per heavy atom. The second-order valence-electron chi connectivity index (χ2n) is 3.17. The lowest BCUT2D eigenvalue weighted by Gasteiger charge is -1.93. The molecule has 1 aromatic carbocycles. The van der Waals surface area contributed by atoms with Crippen molar-refractivity contribution in [3.05, 3.63) is 46.5 Å². The number of hydrogen-bond donors (Lipinski definition) is 0. The van der Waals surface area contributed by atoms with Crippen molar-refractivity contribution in [1.29, 1.82) is 0 Å². The van der Waals surface area contributed by atoms with Crippen molar-refractivity contribution in [3.63, 3.8) is 0 Å². The van der Waals surface area contributed by atoms with Crippen LogP contribution in [0.5, 0.6) is 0 Å². The predicted octanol–water partition coefficient (Wildman–Crippen LogP) is 2.63. The summed E-state index contributed by atoms with van der Waals surface area (Å²) in [6.07, 6.45) is 1.67. The summed E-state index contributed by atoms with van der Waals surface area (Å²) in [6, 6.07) is 7.47. The van der Waals surface area contributed by atoms with Crippen molar-refractivity contribution in [3.8, 4) is 0 Å². The second kappa shape index (κ2) is 3.48. The first-order valence-corrected chi connectivity index (χ1v) is 4.37. The molecular formula is C10H8N4O. The molecule has 0 bridgehead atoms. The zero-order chi connectivity index (χ0) is 10.8. The molecule has 1 amide bonds. The summed E-state index contributed by atoms with van der Waals surface area (Å²) in [7, 11) is 1.84. The number of carbonyl (C=O) groups is 1. The number of aryl methyl sites for hydroxylation is 1. The standard InChI is InChI=1S/C10H8N4O/c1-14-6-8(10(15)12-13-11)7-4-2-3-5-9(7)14/h2-6H,1H3. The molecule has 0 radical (unpaired) electrons. The number of para-hydroxylation sites is 1. The van der Waals surface area contributed by atoms with Crippen LogP contribution < -0.4 is 0 Å². The largest absolute Gasteiger partial charge is 0.350 e. The fourth-order valence-electron chi connectivity index (χ4n) is 1.61. The van der Waals surface area contributed by atoms with Gasteiger partial charge in [0.1, 0.15) is 0 Å². The van der Waals surface area contributed by atoms with Crippen LogP contribution in [-0.2, 0) is 7.05 Å². The lowest BCUT2D eigenvalue weighted by molar-refractivity contribution is 0.100. The van der Waals surface area contributed by atoms with Crippen LogP contribution >= 0.6 is 0 Å². The van der Waals surface area contributed by atoms with Crippen LogP contribution in [0.25, 0.3) is 21.3 Å². The van der Waals surface area contributed by atoms with Gasteiger partial charge in [0.25, 0.3) is 5.91 Å². The lowest BCUT2D eigenvalue weighted by atomic mass is 10.2. The van der Waals surface area contributed by atoms with Gasteiger partial charge in [-0.25, -0.2) is 0 Å². The highest BCUT2D eigenvalue weighted by Gasteiger charge is 2.11. The molecule has 0 N–H and O–H groups in total. The normalized spacial score (nSPS) is 9.93. The third-order valence-electron chi connectivity index (χ3n) is 2.26. The SMILES string of the molecule is Cn1cc(C(=O)N=[N+]=[N-])c2ccccc21. The highest BCUT2D eigenvalue weighted by molar-refractivity contribution is 6.07. The molecule has 0 unspecified atom stereocenters. The van der Waals surface area contributed by atoms with Crippen molar-refractivity contribution in [2.45, 2.75) is 0 Å². The van der Waals surface area contributed by atoms with Gasteiger partial charge in [-0.15, -0.1) is 0 Å². The van der Waals surface area contributed by atoms with E-state index >= 15 is 0 Å². The van der Waals surface area contributed by atoms with Crippen LogP contribution in [-0.4, -0.2) is 10.5 Å². The molecular weight excluding hydrogens is 192 g/mol. The molecule has 74 valence electrons. The Balaban J connectivity index is 2.72. The first kappa shape index (κ1) is 9.30. The Morgan fingerprint density at radius 3 is 2.93 bits per heavy atom. The molecule has 0 aliphatic rings. The fraction of sp³-hybridized carbons (Fsp3) is 0.100. The summed E-state index contributed by atoms with van der Waals surface area (Å²) in [5.41, 5.74) is 9.58. The maximum Gasteiger partial charge on any atom is 0.251 e. The molecule has 0 saturated carbocycles. The number of hydrogen-bond acceptors (Lipinski definition) is 1. The van der Waals surface area contributed by atoms with E-state index in [9.17, 15) is 4.79 Å². The molecule has 1 aromatic heterocycles. The smallest absolute Gasteiger partial charge is 0.251 e. The summed E-state index contributed by atoms with van der Waals surface area (Å²) in [4.78, 5) is 13.9. The summed E-state index contributed by atoms with van der Waals surface area (Å²) < 4.78 is 1.83. The summed E-state index contributed by atoms with van der Waals surface area (Å²) in [5, 5.41) is 3.89. The molecule has 2 aromatic rings. The van der Waals surface area contributed by atoms with Crippen molar-refractivity contribution < 1.29 is 4.79 Å². The van der Waals surface area contributed by atoms with E-state index in [1.54, 1.807) is 6.20 Å². The number of amides is 1. The zero-order valence-corrected chi connectivity index (χ0v) is 8.08. The van der Waals surface area contributed by atoms with Gasteiger partial charge in [0, 0.05) is 34.6 Å². The van der Waals surface area contributed by atoms with Crippen molar-refractivity contribution >= 4 is 16.8 Å². The number of azide groups is 1. The molecule has 2 rings (SSSR count). The predicted molar refractivity (Wildman–Crippen MR) is 56.4 cm³/mol. The summed E-state index contributed by atoms with van der Waals surface area (Å²) in [6.45, 7) is 0. The van der Waals surface area contributed by atoms with Gasteiger partial charge < -0.3 is 4.57 Å². The first-order chi connectivity index (χ1) is 7.24. The molecule has 0 spiro atoms. The van der Waals surface area contributed by atoms with Crippen LogP contribution in [0.2, 0.25) is 0 Å². The molecule has 0 aliphatic carbocycles. The van der Waals surface area contributed by atoms with Crippen molar-refractivity contribution in [1.82, 2.24) is 4.57 Å². The Bertz CT molecular complexity index is 578. The Morgan fingerprint density at radius 2 is 2.20 bits per heavy atom. The molecule has 0 aliphatic heterocycles. The molecule has 5 nitrogen and oxygen atoms in total. The van der Waals surface area contributed by atoms with Crippen LogP contribution in [0.15, 0.2) is 35.6 Å². The van der Waals surface area contributed by atoms with Crippen LogP contribution in [0.4, 0.5) is 0 Å². The van der Waals surface area contributed by atoms with Crippen LogP contribution in [0.3, 0.4) is 0 Å². The zero-order valence-electron chi connectivity index (χ0n) is 8.08. The van der Waals surface area contributed by atoms with E-state index < -0.39 is 5.91 Å². The summed E-state index contributed by atoms with van der Waals surface area (Å²) in [5.74, 6) is -0.547. The van der Waals surface area contributed by atoms with E-state index in [2.05, 4.69) is 10.0 Å². The van der Waals surface area contributed by atoms with Gasteiger partial charge in [-0.2, -0.15) is 0 Å². The third-order valence-corrected chi connectivity index (χ3v) is 2.26. The van der Waals surface area contributed by atoms with Gasteiger partial charge in [-0.05, 0) is 16.7 Å². The van der Waals surface area contributed by atoms with Crippen molar-refractivity contribution in [2.24, 2.45) is 12.2 Å². The maximum absolute atomic E-state index is 11.4. The van der Waals surface area contributed by atoms with Gasteiger partial charge in [0.05, 0.1) is 0 Å². The van der Waals surface area contributed by atoms with Gasteiger partial charge in [-0.3, -0.25) is 4.79 Å². The molecule has 0 atom stereocenters. The molecule has 0 fully saturated rings. The topological polar surface area (TPSA) is 70.8 Å². The highest BCUT2D eigenvalue weighted by Crippen LogP contribution is 2.20. The average Bonchev–Trinajstić information content (AvgIpc) is 2.58. The number of carbonyl (C=O) groups excluding carboxylic acids is 1. The average molecular weight is 200 g/mol. The summed E-state index contributed by atoms with van der Waals surface area (Å²) >= 11 is 0. The Hall–Kier alpha value is -2.26. The lowest BCUT2D eigenvalue weighted by Crippen LogP contribution is -1.90. The Kier molecular flexibility index (Phi) is 2.15. The van der Waals surface area contributed by atoms with Gasteiger partial charge in [0.2, 0.25) is 0 Å². The van der Waals surface area contributed by atoms with Crippen LogP contribution in [0.1, 0.15) is 10.4 Å². The van der Waals surface area contributed by atoms with E-state index in [1.807, 2.05) is 35.9 Å². The maximum atomic E-state index is 11.4. The number of fused-ring (bicyclic) bond motifs is 1. The van der Waals surface area contributed by atoms with E-state index in [1.165, 1.54) is 0 Å². The third kappa shape index (κ3) is 1.45. The number of benzene rings is 1. The highest BCUT2D eigenvalue weighted by atomic mass is 16.1. The van der Waals surface area contributed by atoms with E-state index in [0.717, 1.165) is 10.9 Å². The minimum Gasteiger partial charge on any atom is -0.350 e.